The van der Waals surface area contributed by atoms with Crippen LogP contribution in [0.1, 0.15) is 25.0 Å². The van der Waals surface area contributed by atoms with Crippen LogP contribution in [0.5, 0.6) is 11.5 Å². The lowest BCUT2D eigenvalue weighted by molar-refractivity contribution is -0.121. The summed E-state index contributed by atoms with van der Waals surface area (Å²) < 4.78 is 12.2. The predicted molar refractivity (Wildman–Crippen MR) is 124 cm³/mol. The number of hydrogen-bond acceptors (Lipinski definition) is 5. The molecular formula is C21H19Cl2NO3S2. The van der Waals surface area contributed by atoms with E-state index in [4.69, 9.17) is 44.9 Å². The molecule has 1 saturated heterocycles. The molecule has 0 bridgehead atoms. The molecule has 0 radical (unpaired) electrons. The first-order chi connectivity index (χ1) is 13.9. The van der Waals surface area contributed by atoms with E-state index in [1.807, 2.05) is 44.2 Å². The van der Waals surface area contributed by atoms with Gasteiger partial charge in [-0.25, -0.2) is 0 Å². The van der Waals surface area contributed by atoms with Crippen LogP contribution in [0.3, 0.4) is 0 Å². The summed E-state index contributed by atoms with van der Waals surface area (Å²) in [5.74, 6) is 1.12. The van der Waals surface area contributed by atoms with Crippen molar-refractivity contribution < 1.29 is 14.3 Å². The maximum Gasteiger partial charge on any atom is 0.266 e. The Bertz CT molecular complexity index is 978. The largest absolute Gasteiger partial charge is 0.490 e. The topological polar surface area (TPSA) is 38.8 Å². The zero-order valence-electron chi connectivity index (χ0n) is 15.9. The van der Waals surface area contributed by atoms with Crippen LogP contribution >= 0.6 is 47.2 Å². The van der Waals surface area contributed by atoms with Crippen molar-refractivity contribution in [3.05, 3.63) is 62.5 Å². The summed E-state index contributed by atoms with van der Waals surface area (Å²) in [7, 11) is 0. The van der Waals surface area contributed by atoms with Crippen LogP contribution in [0.15, 0.2) is 41.3 Å². The number of likely N-dealkylation sites (N-methyl/N-ethyl adjacent to an activating group) is 1. The van der Waals surface area contributed by atoms with E-state index in [1.54, 1.807) is 17.0 Å². The Hall–Kier alpha value is -1.73. The summed E-state index contributed by atoms with van der Waals surface area (Å²) in [5.41, 5.74) is 1.66. The number of thioether (sulfide) groups is 1. The molecule has 2 aromatic carbocycles. The molecule has 0 aliphatic carbocycles. The lowest BCUT2D eigenvalue weighted by Gasteiger charge is -2.13. The molecule has 0 atom stereocenters. The van der Waals surface area contributed by atoms with E-state index in [-0.39, 0.29) is 12.5 Å². The number of carbonyl (C=O) groups is 1. The second kappa shape index (κ2) is 9.85. The fourth-order valence-electron chi connectivity index (χ4n) is 2.72. The molecule has 0 aromatic heterocycles. The predicted octanol–water partition coefficient (Wildman–Crippen LogP) is 6.19. The quantitative estimate of drug-likeness (QED) is 0.358. The average molecular weight is 468 g/mol. The Morgan fingerprint density at radius 1 is 1.10 bits per heavy atom. The monoisotopic (exact) mass is 467 g/mol. The molecule has 1 fully saturated rings. The van der Waals surface area contributed by atoms with Crippen LogP contribution in [0.25, 0.3) is 6.08 Å². The number of ether oxygens (including phenoxy) is 2. The summed E-state index contributed by atoms with van der Waals surface area (Å²) in [4.78, 5) is 14.6. The third-order valence-electron chi connectivity index (χ3n) is 4.15. The number of hydrogen-bond donors (Lipinski definition) is 0. The summed E-state index contributed by atoms with van der Waals surface area (Å²) in [6, 6.07) is 10.8. The molecule has 0 spiro atoms. The minimum atomic E-state index is -0.0711. The standard InChI is InChI=1S/C21H19Cl2NO3S2/c1-3-24-20(25)19(29-21(24)28)10-13-5-8-17(18(9-13)26-4-2)27-12-14-6-7-15(22)11-16(14)23/h5-11H,3-4,12H2,1-2H3. The normalized spacial score (nSPS) is 15.3. The third-order valence-corrected chi connectivity index (χ3v) is 6.12. The van der Waals surface area contributed by atoms with E-state index in [0.29, 0.717) is 43.9 Å². The molecule has 29 heavy (non-hydrogen) atoms. The van der Waals surface area contributed by atoms with Crippen LogP contribution in [0.4, 0.5) is 0 Å². The van der Waals surface area contributed by atoms with Gasteiger partial charge in [-0.1, -0.05) is 59.3 Å². The summed E-state index contributed by atoms with van der Waals surface area (Å²) >= 11 is 18.7. The SMILES string of the molecule is CCOc1cc(C=C2SC(=S)N(CC)C2=O)ccc1OCc1ccc(Cl)cc1Cl. The highest BCUT2D eigenvalue weighted by molar-refractivity contribution is 8.26. The van der Waals surface area contributed by atoms with E-state index < -0.39 is 0 Å². The Labute approximate surface area is 189 Å². The van der Waals surface area contributed by atoms with Gasteiger partial charge in [0.25, 0.3) is 5.91 Å². The number of carbonyl (C=O) groups excluding carboxylic acids is 1. The molecule has 3 rings (SSSR count). The Morgan fingerprint density at radius 3 is 2.55 bits per heavy atom. The van der Waals surface area contributed by atoms with Crippen LogP contribution in [-0.4, -0.2) is 28.3 Å². The highest BCUT2D eigenvalue weighted by Gasteiger charge is 2.30. The zero-order chi connectivity index (χ0) is 21.0. The summed E-state index contributed by atoms with van der Waals surface area (Å²) in [5, 5.41) is 1.12. The van der Waals surface area contributed by atoms with Gasteiger partial charge in [0.2, 0.25) is 0 Å². The average Bonchev–Trinajstić information content (AvgIpc) is 2.95. The fourth-order valence-corrected chi connectivity index (χ4v) is 4.57. The van der Waals surface area contributed by atoms with Crippen molar-refractivity contribution in [1.29, 1.82) is 0 Å². The van der Waals surface area contributed by atoms with Crippen molar-refractivity contribution in [1.82, 2.24) is 4.90 Å². The molecule has 8 heteroatoms. The second-order valence-corrected chi connectivity index (χ2v) is 8.61. The van der Waals surface area contributed by atoms with Crippen molar-refractivity contribution in [2.24, 2.45) is 0 Å². The minimum Gasteiger partial charge on any atom is -0.490 e. The van der Waals surface area contributed by atoms with Crippen molar-refractivity contribution in [2.75, 3.05) is 13.2 Å². The molecule has 152 valence electrons. The number of thiocarbonyl (C=S) groups is 1. The molecule has 0 saturated carbocycles. The highest BCUT2D eigenvalue weighted by Crippen LogP contribution is 2.35. The van der Waals surface area contributed by atoms with Gasteiger partial charge >= 0.3 is 0 Å². The molecule has 1 amide bonds. The molecule has 2 aromatic rings. The van der Waals surface area contributed by atoms with E-state index in [0.717, 1.165) is 11.1 Å². The van der Waals surface area contributed by atoms with E-state index in [1.165, 1.54) is 11.8 Å². The second-order valence-electron chi connectivity index (χ2n) is 6.09. The van der Waals surface area contributed by atoms with Crippen molar-refractivity contribution >= 4 is 63.5 Å². The van der Waals surface area contributed by atoms with Crippen LogP contribution in [0.2, 0.25) is 10.0 Å². The van der Waals surface area contributed by atoms with Crippen LogP contribution in [-0.2, 0) is 11.4 Å². The van der Waals surface area contributed by atoms with Gasteiger partial charge < -0.3 is 9.47 Å². The number of nitrogens with zero attached hydrogens (tertiary/aromatic N) is 1. The van der Waals surface area contributed by atoms with Gasteiger partial charge in [-0.3, -0.25) is 9.69 Å². The minimum absolute atomic E-state index is 0.0711. The lowest BCUT2D eigenvalue weighted by Crippen LogP contribution is -2.27. The lowest BCUT2D eigenvalue weighted by atomic mass is 10.1. The number of halogens is 2. The molecule has 4 nitrogen and oxygen atoms in total. The summed E-state index contributed by atoms with van der Waals surface area (Å²) in [6.45, 7) is 5.13. The molecular weight excluding hydrogens is 449 g/mol. The van der Waals surface area contributed by atoms with Gasteiger partial charge in [-0.2, -0.15) is 0 Å². The van der Waals surface area contributed by atoms with E-state index in [2.05, 4.69) is 0 Å². The van der Waals surface area contributed by atoms with Crippen LogP contribution < -0.4 is 9.47 Å². The first kappa shape index (κ1) is 22.0. The highest BCUT2D eigenvalue weighted by atomic mass is 35.5. The maximum absolute atomic E-state index is 12.4. The van der Waals surface area contributed by atoms with Crippen molar-refractivity contribution in [2.45, 2.75) is 20.5 Å². The van der Waals surface area contributed by atoms with E-state index in [9.17, 15) is 4.79 Å². The van der Waals surface area contributed by atoms with E-state index >= 15 is 0 Å². The maximum atomic E-state index is 12.4. The Kier molecular flexibility index (Phi) is 7.46. The molecule has 0 unspecified atom stereocenters. The Balaban J connectivity index is 1.81. The third kappa shape index (κ3) is 5.25. The van der Waals surface area contributed by atoms with Crippen LogP contribution in [0, 0.1) is 0 Å². The number of rotatable bonds is 7. The van der Waals surface area contributed by atoms with Gasteiger partial charge in [0.15, 0.2) is 11.5 Å². The van der Waals surface area contributed by atoms with Crippen molar-refractivity contribution in [3.8, 4) is 11.5 Å². The first-order valence-corrected chi connectivity index (χ1v) is 11.0. The molecule has 1 aliphatic heterocycles. The first-order valence-electron chi connectivity index (χ1n) is 9.01. The zero-order valence-corrected chi connectivity index (χ0v) is 19.1. The summed E-state index contributed by atoms with van der Waals surface area (Å²) in [6.07, 6.45) is 1.82. The van der Waals surface area contributed by atoms with Gasteiger partial charge in [0.05, 0.1) is 11.5 Å². The molecule has 1 heterocycles. The Morgan fingerprint density at radius 2 is 1.90 bits per heavy atom. The van der Waals surface area contributed by atoms with Gasteiger partial charge in [0, 0.05) is 22.2 Å². The van der Waals surface area contributed by atoms with Gasteiger partial charge in [0.1, 0.15) is 10.9 Å². The number of benzene rings is 2. The van der Waals surface area contributed by atoms with Crippen molar-refractivity contribution in [3.63, 3.8) is 0 Å². The smallest absolute Gasteiger partial charge is 0.266 e. The van der Waals surface area contributed by atoms with Gasteiger partial charge in [-0.05, 0) is 49.8 Å². The fraction of sp³-hybridized carbons (Fsp3) is 0.238. The molecule has 1 aliphatic rings. The van der Waals surface area contributed by atoms with Gasteiger partial charge in [-0.15, -0.1) is 0 Å². The number of amides is 1. The molecule has 0 N–H and O–H groups in total.